The van der Waals surface area contributed by atoms with Gasteiger partial charge in [-0.3, -0.25) is 0 Å². The molecule has 0 fully saturated rings. The van der Waals surface area contributed by atoms with Gasteiger partial charge in [-0.2, -0.15) is 0 Å². The molecule has 0 saturated heterocycles. The maximum atomic E-state index is 3.71. The van der Waals surface area contributed by atoms with Gasteiger partial charge in [0.25, 0.3) is 0 Å². The lowest BCUT2D eigenvalue weighted by Crippen LogP contribution is -2.32. The minimum absolute atomic E-state index is 0.0775. The van der Waals surface area contributed by atoms with Crippen LogP contribution >= 0.6 is 75.1 Å². The molecule has 2 aromatic rings. The molecular weight excluding hydrogens is 520 g/mol. The number of hydrogen-bond donors (Lipinski definition) is 0. The van der Waals surface area contributed by atoms with Crippen molar-refractivity contribution in [2.24, 2.45) is 0 Å². The SMILES string of the molecule is BrCC(CBr)(Cc1cc(Br)cs1)c1cccc(Br)c1. The predicted octanol–water partition coefficient (Wildman–Crippen LogP) is 6.54. The highest BCUT2D eigenvalue weighted by Gasteiger charge is 2.31. The molecule has 0 unspecified atom stereocenters. The third-order valence-corrected chi connectivity index (χ3v) is 7.42. The van der Waals surface area contributed by atoms with Crippen LogP contribution < -0.4 is 0 Å². The minimum Gasteiger partial charge on any atom is -0.148 e. The van der Waals surface area contributed by atoms with Crippen LogP contribution in [-0.4, -0.2) is 10.7 Å². The Labute approximate surface area is 151 Å². The van der Waals surface area contributed by atoms with Crippen molar-refractivity contribution in [2.45, 2.75) is 11.8 Å². The van der Waals surface area contributed by atoms with Gasteiger partial charge < -0.3 is 0 Å². The first kappa shape index (κ1) is 16.2. The van der Waals surface area contributed by atoms with Crippen LogP contribution in [0.1, 0.15) is 10.4 Å². The van der Waals surface area contributed by atoms with Crippen LogP contribution in [-0.2, 0) is 11.8 Å². The second kappa shape index (κ2) is 7.21. The smallest absolute Gasteiger partial charge is 0.0285 e. The van der Waals surface area contributed by atoms with E-state index in [1.165, 1.54) is 14.9 Å². The molecule has 0 spiro atoms. The molecule has 0 radical (unpaired) electrons. The zero-order valence-electron chi connectivity index (χ0n) is 10.0. The van der Waals surface area contributed by atoms with Crippen molar-refractivity contribution in [2.75, 3.05) is 10.7 Å². The first-order valence-electron chi connectivity index (χ1n) is 5.70. The summed E-state index contributed by atoms with van der Waals surface area (Å²) in [5, 5.41) is 4.00. The fraction of sp³-hybridized carbons (Fsp3) is 0.286. The first-order chi connectivity index (χ1) is 9.09. The molecule has 2 rings (SSSR count). The Balaban J connectivity index is 2.37. The largest absolute Gasteiger partial charge is 0.148 e. The van der Waals surface area contributed by atoms with E-state index in [1.54, 1.807) is 11.3 Å². The van der Waals surface area contributed by atoms with E-state index in [0.717, 1.165) is 21.6 Å². The Morgan fingerprint density at radius 3 is 2.26 bits per heavy atom. The molecule has 19 heavy (non-hydrogen) atoms. The van der Waals surface area contributed by atoms with E-state index in [-0.39, 0.29) is 5.41 Å². The minimum atomic E-state index is 0.0775. The van der Waals surface area contributed by atoms with Gasteiger partial charge in [-0.1, -0.05) is 59.9 Å². The van der Waals surface area contributed by atoms with Crippen LogP contribution in [0.3, 0.4) is 0 Å². The summed E-state index contributed by atoms with van der Waals surface area (Å²) < 4.78 is 2.29. The molecule has 102 valence electrons. The number of halogens is 4. The molecule has 5 heteroatoms. The summed E-state index contributed by atoms with van der Waals surface area (Å²) >= 11 is 16.3. The fourth-order valence-corrected chi connectivity index (χ4v) is 5.95. The van der Waals surface area contributed by atoms with Gasteiger partial charge in [-0.25, -0.2) is 0 Å². The maximum absolute atomic E-state index is 3.71. The van der Waals surface area contributed by atoms with E-state index >= 15 is 0 Å². The average Bonchev–Trinajstić information content (AvgIpc) is 2.81. The van der Waals surface area contributed by atoms with E-state index in [9.17, 15) is 0 Å². The lowest BCUT2D eigenvalue weighted by molar-refractivity contribution is 0.556. The van der Waals surface area contributed by atoms with Crippen molar-refractivity contribution in [1.82, 2.24) is 0 Å². The topological polar surface area (TPSA) is 0 Å². The van der Waals surface area contributed by atoms with Crippen LogP contribution in [0, 0.1) is 0 Å². The molecule has 0 atom stereocenters. The quantitative estimate of drug-likeness (QED) is 0.384. The summed E-state index contributed by atoms with van der Waals surface area (Å²) in [4.78, 5) is 1.39. The number of hydrogen-bond acceptors (Lipinski definition) is 1. The molecule has 0 aliphatic rings. The van der Waals surface area contributed by atoms with Crippen LogP contribution in [0.5, 0.6) is 0 Å². The molecule has 0 aliphatic carbocycles. The second-order valence-electron chi connectivity index (χ2n) is 4.47. The summed E-state index contributed by atoms with van der Waals surface area (Å²) in [7, 11) is 0. The lowest BCUT2D eigenvalue weighted by Gasteiger charge is -2.30. The normalized spacial score (nSPS) is 11.8. The van der Waals surface area contributed by atoms with Crippen LogP contribution in [0.25, 0.3) is 0 Å². The Kier molecular flexibility index (Phi) is 6.15. The molecule has 0 bridgehead atoms. The van der Waals surface area contributed by atoms with Gasteiger partial charge in [0.2, 0.25) is 0 Å². The fourth-order valence-electron chi connectivity index (χ4n) is 1.98. The van der Waals surface area contributed by atoms with E-state index in [2.05, 4.69) is 99.4 Å². The van der Waals surface area contributed by atoms with Crippen molar-refractivity contribution in [3.8, 4) is 0 Å². The third-order valence-electron chi connectivity index (χ3n) is 3.08. The molecule has 0 N–H and O–H groups in total. The number of rotatable bonds is 5. The highest BCUT2D eigenvalue weighted by molar-refractivity contribution is 9.11. The summed E-state index contributed by atoms with van der Waals surface area (Å²) in [6, 6.07) is 10.8. The predicted molar refractivity (Wildman–Crippen MR) is 99.1 cm³/mol. The number of thiophene rings is 1. The molecule has 1 aromatic heterocycles. The van der Waals surface area contributed by atoms with Crippen molar-refractivity contribution >= 4 is 75.1 Å². The van der Waals surface area contributed by atoms with Crippen molar-refractivity contribution in [3.05, 3.63) is 55.1 Å². The zero-order valence-corrected chi connectivity index (χ0v) is 17.2. The van der Waals surface area contributed by atoms with Gasteiger partial charge in [0, 0.05) is 35.3 Å². The van der Waals surface area contributed by atoms with Crippen molar-refractivity contribution in [3.63, 3.8) is 0 Å². The Morgan fingerprint density at radius 2 is 1.74 bits per heavy atom. The Bertz CT molecular complexity index is 546. The summed E-state index contributed by atoms with van der Waals surface area (Å²) in [5.41, 5.74) is 1.42. The van der Waals surface area contributed by atoms with Crippen LogP contribution in [0.2, 0.25) is 0 Å². The number of alkyl halides is 2. The van der Waals surface area contributed by atoms with Gasteiger partial charge in [0.1, 0.15) is 0 Å². The lowest BCUT2D eigenvalue weighted by atomic mass is 9.81. The van der Waals surface area contributed by atoms with E-state index < -0.39 is 0 Å². The summed E-state index contributed by atoms with van der Waals surface area (Å²) in [6.07, 6.45) is 1.02. The van der Waals surface area contributed by atoms with Gasteiger partial charge in [-0.05, 0) is 46.1 Å². The maximum Gasteiger partial charge on any atom is 0.0285 e. The zero-order chi connectivity index (χ0) is 13.9. The van der Waals surface area contributed by atoms with Gasteiger partial charge in [0.05, 0.1) is 0 Å². The van der Waals surface area contributed by atoms with Crippen molar-refractivity contribution < 1.29 is 0 Å². The van der Waals surface area contributed by atoms with Gasteiger partial charge in [0.15, 0.2) is 0 Å². The Hall–Kier alpha value is 0.840. The summed E-state index contributed by atoms with van der Waals surface area (Å²) in [6.45, 7) is 0. The average molecular weight is 532 g/mol. The standard InChI is InChI=1S/C14H12Br4S/c15-8-14(9-16,6-13-5-12(18)7-19-13)10-2-1-3-11(17)4-10/h1-5,7H,6,8-9H2. The van der Waals surface area contributed by atoms with E-state index in [0.29, 0.717) is 0 Å². The second-order valence-corrected chi connectivity index (χ2v) is 8.41. The first-order valence-corrected chi connectivity index (χ1v) is 10.4. The number of benzene rings is 1. The van der Waals surface area contributed by atoms with Gasteiger partial charge in [-0.15, -0.1) is 11.3 Å². The third kappa shape index (κ3) is 3.94. The molecule has 1 heterocycles. The van der Waals surface area contributed by atoms with Gasteiger partial charge >= 0.3 is 0 Å². The molecule has 0 aliphatic heterocycles. The molecule has 1 aromatic carbocycles. The monoisotopic (exact) mass is 528 g/mol. The Morgan fingerprint density at radius 1 is 1.00 bits per heavy atom. The van der Waals surface area contributed by atoms with Crippen molar-refractivity contribution in [1.29, 1.82) is 0 Å². The molecular formula is C14H12Br4S. The van der Waals surface area contributed by atoms with E-state index in [4.69, 9.17) is 0 Å². The van der Waals surface area contributed by atoms with E-state index in [1.807, 2.05) is 0 Å². The highest BCUT2D eigenvalue weighted by Crippen LogP contribution is 2.36. The van der Waals surface area contributed by atoms with Crippen LogP contribution in [0.15, 0.2) is 44.7 Å². The van der Waals surface area contributed by atoms with Crippen LogP contribution in [0.4, 0.5) is 0 Å². The highest BCUT2D eigenvalue weighted by atomic mass is 79.9. The molecule has 0 nitrogen and oxygen atoms in total. The summed E-state index contributed by atoms with van der Waals surface area (Å²) in [5.74, 6) is 0. The molecule has 0 saturated carbocycles. The molecule has 0 amide bonds.